The molecule has 68 valence electrons. The van der Waals surface area contributed by atoms with Crippen LogP contribution in [-0.2, 0) is 13.6 Å². The van der Waals surface area contributed by atoms with Crippen molar-refractivity contribution in [2.45, 2.75) is 26.6 Å². The average Bonchev–Trinajstić information content (AvgIpc) is 1.88. The van der Waals surface area contributed by atoms with E-state index in [2.05, 4.69) is 0 Å². The van der Waals surface area contributed by atoms with Crippen molar-refractivity contribution in [3.05, 3.63) is 0 Å². The molecule has 0 rings (SSSR count). The van der Waals surface area contributed by atoms with Crippen molar-refractivity contribution < 1.29 is 13.6 Å². The first-order valence-electron chi connectivity index (χ1n) is 3.71. The molecular weight excluding hydrogens is 165 g/mol. The van der Waals surface area contributed by atoms with Crippen molar-refractivity contribution in [1.29, 1.82) is 0 Å². The molecule has 0 aliphatic rings. The molecule has 0 heterocycles. The van der Waals surface area contributed by atoms with Gasteiger partial charge in [0.05, 0.1) is 13.2 Å². The second kappa shape index (κ2) is 4.88. The Morgan fingerprint density at radius 3 is 1.91 bits per heavy atom. The number of hydrogen-bond donors (Lipinski definition) is 1. The van der Waals surface area contributed by atoms with E-state index in [9.17, 15) is 4.57 Å². The molecule has 11 heavy (non-hydrogen) atoms. The molecule has 0 aliphatic heterocycles. The Bertz CT molecular complexity index is 139. The highest BCUT2D eigenvalue weighted by atomic mass is 31.2. The molecule has 0 aromatic carbocycles. The van der Waals surface area contributed by atoms with Crippen LogP contribution < -0.4 is 5.73 Å². The Hall–Kier alpha value is 0.110. The summed E-state index contributed by atoms with van der Waals surface area (Å²) < 4.78 is 21.4. The van der Waals surface area contributed by atoms with Gasteiger partial charge in [0.2, 0.25) is 0 Å². The largest absolute Gasteiger partial charge is 0.346 e. The van der Waals surface area contributed by atoms with E-state index in [0.29, 0.717) is 13.2 Å². The van der Waals surface area contributed by atoms with Gasteiger partial charge in [0.25, 0.3) is 0 Å². The van der Waals surface area contributed by atoms with Crippen molar-refractivity contribution in [3.63, 3.8) is 0 Å². The van der Waals surface area contributed by atoms with Gasteiger partial charge in [-0.1, -0.05) is 0 Å². The predicted molar refractivity (Wildman–Crippen MR) is 44.5 cm³/mol. The van der Waals surface area contributed by atoms with E-state index < -0.39 is 13.4 Å². The predicted octanol–water partition coefficient (Wildman–Crippen LogP) is 1.56. The van der Waals surface area contributed by atoms with Gasteiger partial charge < -0.3 is 14.8 Å². The summed E-state index contributed by atoms with van der Waals surface area (Å²) in [5.41, 5.74) is 5.43. The van der Waals surface area contributed by atoms with E-state index >= 15 is 0 Å². The Balaban J connectivity index is 4.14. The van der Waals surface area contributed by atoms with Gasteiger partial charge in [-0.3, -0.25) is 4.57 Å². The molecule has 0 bridgehead atoms. The first kappa shape index (κ1) is 11.1. The monoisotopic (exact) mass is 181 g/mol. The fourth-order valence-corrected chi connectivity index (χ4v) is 1.90. The highest BCUT2D eigenvalue weighted by Crippen LogP contribution is 2.50. The third-order valence-corrected chi connectivity index (χ3v) is 3.35. The van der Waals surface area contributed by atoms with Gasteiger partial charge in [-0.2, -0.15) is 0 Å². The van der Waals surface area contributed by atoms with Crippen LogP contribution in [0.4, 0.5) is 0 Å². The fraction of sp³-hybridized carbons (Fsp3) is 1.00. The molecule has 1 atom stereocenters. The van der Waals surface area contributed by atoms with Crippen molar-refractivity contribution in [2.24, 2.45) is 5.73 Å². The summed E-state index contributed by atoms with van der Waals surface area (Å²) in [4.78, 5) is 0. The molecule has 2 N–H and O–H groups in total. The molecule has 0 radical (unpaired) electrons. The number of nitrogens with two attached hydrogens (primary N) is 1. The van der Waals surface area contributed by atoms with Gasteiger partial charge in [0, 0.05) is 0 Å². The number of rotatable bonds is 5. The molecule has 0 saturated heterocycles. The maximum Gasteiger partial charge on any atom is 0.346 e. The lowest BCUT2D eigenvalue weighted by atomic mass is 10.8. The minimum absolute atomic E-state index is 0.360. The summed E-state index contributed by atoms with van der Waals surface area (Å²) in [6, 6.07) is 0. The number of hydrogen-bond acceptors (Lipinski definition) is 4. The Morgan fingerprint density at radius 1 is 1.36 bits per heavy atom. The topological polar surface area (TPSA) is 61.5 Å². The standard InChI is InChI=1S/C6H16NO3P/c1-4-9-11(8,6(3)7)10-5-2/h6H,4-5,7H2,1-3H3/t6-/m0/s1. The summed E-state index contributed by atoms with van der Waals surface area (Å²) in [5, 5.41) is 0. The zero-order valence-corrected chi connectivity index (χ0v) is 8.14. The van der Waals surface area contributed by atoms with E-state index in [1.165, 1.54) is 0 Å². The van der Waals surface area contributed by atoms with Crippen molar-refractivity contribution in [1.82, 2.24) is 0 Å². The second-order valence-electron chi connectivity index (χ2n) is 2.12. The lowest BCUT2D eigenvalue weighted by Crippen LogP contribution is -2.18. The molecule has 5 heteroatoms. The second-order valence-corrected chi connectivity index (χ2v) is 4.53. The summed E-state index contributed by atoms with van der Waals surface area (Å²) >= 11 is 0. The Labute approximate surface area is 67.6 Å². The third kappa shape index (κ3) is 3.34. The molecule has 0 aromatic rings. The van der Waals surface area contributed by atoms with Crippen LogP contribution in [0.3, 0.4) is 0 Å². The first-order chi connectivity index (χ1) is 5.06. The Morgan fingerprint density at radius 2 is 1.73 bits per heavy atom. The van der Waals surface area contributed by atoms with Gasteiger partial charge >= 0.3 is 7.60 Å². The van der Waals surface area contributed by atoms with Crippen LogP contribution in [0.2, 0.25) is 0 Å². The van der Waals surface area contributed by atoms with Crippen molar-refractivity contribution in [2.75, 3.05) is 13.2 Å². The molecule has 4 nitrogen and oxygen atoms in total. The molecule has 0 spiro atoms. The van der Waals surface area contributed by atoms with Crippen LogP contribution in [0.5, 0.6) is 0 Å². The summed E-state index contributed by atoms with van der Waals surface area (Å²) in [7, 11) is -3.01. The molecule has 0 aromatic heterocycles. The maximum absolute atomic E-state index is 11.5. The summed E-state index contributed by atoms with van der Waals surface area (Å²) in [6.45, 7) is 5.85. The van der Waals surface area contributed by atoms with Crippen LogP contribution in [0, 0.1) is 0 Å². The average molecular weight is 181 g/mol. The molecule has 0 fully saturated rings. The molecule has 0 unspecified atom stereocenters. The van der Waals surface area contributed by atoms with E-state index in [0.717, 1.165) is 0 Å². The van der Waals surface area contributed by atoms with Crippen molar-refractivity contribution >= 4 is 7.60 Å². The van der Waals surface area contributed by atoms with Crippen LogP contribution in [0.15, 0.2) is 0 Å². The molecular formula is C6H16NO3P. The third-order valence-electron chi connectivity index (χ3n) is 1.12. The Kier molecular flexibility index (Phi) is 4.93. The normalized spacial score (nSPS) is 14.9. The first-order valence-corrected chi connectivity index (χ1v) is 5.32. The zero-order chi connectivity index (χ0) is 8.91. The maximum atomic E-state index is 11.5. The highest BCUT2D eigenvalue weighted by molar-refractivity contribution is 7.54. The van der Waals surface area contributed by atoms with E-state index in [4.69, 9.17) is 14.8 Å². The minimum atomic E-state index is -3.01. The van der Waals surface area contributed by atoms with E-state index in [1.807, 2.05) is 0 Å². The zero-order valence-electron chi connectivity index (χ0n) is 7.24. The lowest BCUT2D eigenvalue weighted by Gasteiger charge is -2.19. The van der Waals surface area contributed by atoms with Crippen LogP contribution in [0.25, 0.3) is 0 Å². The SMILES string of the molecule is CCOP(=O)(OCC)[C@@H](C)N. The van der Waals surface area contributed by atoms with Crippen molar-refractivity contribution in [3.8, 4) is 0 Å². The van der Waals surface area contributed by atoms with Crippen LogP contribution in [-0.4, -0.2) is 19.0 Å². The quantitative estimate of drug-likeness (QED) is 0.654. The smallest absolute Gasteiger partial charge is 0.318 e. The van der Waals surface area contributed by atoms with E-state index in [-0.39, 0.29) is 0 Å². The van der Waals surface area contributed by atoms with Gasteiger partial charge in [0.15, 0.2) is 0 Å². The molecule has 0 amide bonds. The summed E-state index contributed by atoms with van der Waals surface area (Å²) in [6.07, 6.45) is 0. The summed E-state index contributed by atoms with van der Waals surface area (Å²) in [5.74, 6) is -0.553. The highest BCUT2D eigenvalue weighted by Gasteiger charge is 2.28. The van der Waals surface area contributed by atoms with Crippen LogP contribution >= 0.6 is 7.60 Å². The van der Waals surface area contributed by atoms with Crippen LogP contribution in [0.1, 0.15) is 20.8 Å². The molecule has 0 saturated carbocycles. The van der Waals surface area contributed by atoms with Gasteiger partial charge in [-0.25, -0.2) is 0 Å². The lowest BCUT2D eigenvalue weighted by molar-refractivity contribution is 0.213. The minimum Gasteiger partial charge on any atom is -0.318 e. The van der Waals surface area contributed by atoms with E-state index in [1.54, 1.807) is 20.8 Å². The van der Waals surface area contributed by atoms with Gasteiger partial charge in [-0.05, 0) is 20.8 Å². The fourth-order valence-electron chi connectivity index (χ4n) is 0.632. The molecule has 0 aliphatic carbocycles. The van der Waals surface area contributed by atoms with Gasteiger partial charge in [-0.15, -0.1) is 0 Å². The van der Waals surface area contributed by atoms with Gasteiger partial charge in [0.1, 0.15) is 5.78 Å².